The van der Waals surface area contributed by atoms with Crippen LogP contribution in [0.5, 0.6) is 0 Å². The molecule has 0 spiro atoms. The minimum atomic E-state index is -0.424. The first-order valence-electron chi connectivity index (χ1n) is 5.73. The maximum Gasteiger partial charge on any atom is 0.126 e. The molecule has 5 heteroatoms. The van der Waals surface area contributed by atoms with Crippen LogP contribution in [-0.4, -0.2) is 12.6 Å². The summed E-state index contributed by atoms with van der Waals surface area (Å²) in [4.78, 5) is 0. The van der Waals surface area contributed by atoms with Gasteiger partial charge in [-0.3, -0.25) is 0 Å². The number of anilines is 1. The van der Waals surface area contributed by atoms with Crippen LogP contribution in [-0.2, 0) is 0 Å². The summed E-state index contributed by atoms with van der Waals surface area (Å²) < 4.78 is 13.0. The first-order valence-corrected chi connectivity index (χ1v) is 6.48. The summed E-state index contributed by atoms with van der Waals surface area (Å²) in [5, 5.41) is 3.93. The van der Waals surface area contributed by atoms with E-state index >= 15 is 0 Å². The molecule has 1 aliphatic rings. The molecule has 2 rings (SSSR count). The number of nitrogens with two attached hydrogens (primary N) is 1. The van der Waals surface area contributed by atoms with Crippen LogP contribution in [0.1, 0.15) is 19.3 Å². The SMILES string of the molecule is NCC1CCCC1Nc1c(Cl)cc(F)cc1Cl. The average Bonchev–Trinajstić information content (AvgIpc) is 2.70. The lowest BCUT2D eigenvalue weighted by Gasteiger charge is -2.22. The van der Waals surface area contributed by atoms with Gasteiger partial charge in [-0.1, -0.05) is 29.6 Å². The summed E-state index contributed by atoms with van der Waals surface area (Å²) >= 11 is 12.0. The first-order chi connectivity index (χ1) is 8.11. The van der Waals surface area contributed by atoms with E-state index in [1.54, 1.807) is 0 Å². The molecule has 1 saturated carbocycles. The Morgan fingerprint density at radius 1 is 1.29 bits per heavy atom. The normalized spacial score (nSPS) is 24.0. The molecular weight excluding hydrogens is 262 g/mol. The second-order valence-corrected chi connectivity index (χ2v) is 5.24. The molecule has 1 aromatic rings. The summed E-state index contributed by atoms with van der Waals surface area (Å²) in [5.41, 5.74) is 6.32. The molecule has 17 heavy (non-hydrogen) atoms. The molecule has 1 aliphatic carbocycles. The van der Waals surface area contributed by atoms with E-state index in [0.717, 1.165) is 19.3 Å². The molecule has 0 aromatic heterocycles. The van der Waals surface area contributed by atoms with Crippen LogP contribution in [0.3, 0.4) is 0 Å². The zero-order valence-corrected chi connectivity index (χ0v) is 10.9. The van der Waals surface area contributed by atoms with Crippen LogP contribution >= 0.6 is 23.2 Å². The van der Waals surface area contributed by atoms with E-state index in [1.165, 1.54) is 12.1 Å². The lowest BCUT2D eigenvalue weighted by Crippen LogP contribution is -2.29. The van der Waals surface area contributed by atoms with Crippen molar-refractivity contribution in [2.75, 3.05) is 11.9 Å². The molecule has 0 radical (unpaired) electrons. The van der Waals surface area contributed by atoms with E-state index < -0.39 is 5.82 Å². The Morgan fingerprint density at radius 3 is 2.53 bits per heavy atom. The van der Waals surface area contributed by atoms with Gasteiger partial charge in [-0.2, -0.15) is 0 Å². The Bertz CT molecular complexity index is 388. The largest absolute Gasteiger partial charge is 0.380 e. The van der Waals surface area contributed by atoms with Crippen LogP contribution in [0.2, 0.25) is 10.0 Å². The summed E-state index contributed by atoms with van der Waals surface area (Å²) in [6, 6.07) is 2.81. The Hall–Kier alpha value is -0.510. The molecule has 0 bridgehead atoms. The monoisotopic (exact) mass is 276 g/mol. The highest BCUT2D eigenvalue weighted by atomic mass is 35.5. The Kier molecular flexibility index (Phi) is 4.13. The quantitative estimate of drug-likeness (QED) is 0.884. The van der Waals surface area contributed by atoms with Gasteiger partial charge >= 0.3 is 0 Å². The summed E-state index contributed by atoms with van der Waals surface area (Å²) in [6.45, 7) is 0.647. The fourth-order valence-electron chi connectivity index (χ4n) is 2.37. The molecule has 2 nitrogen and oxygen atoms in total. The van der Waals surface area contributed by atoms with Gasteiger partial charge in [0.1, 0.15) is 5.82 Å². The van der Waals surface area contributed by atoms with Crippen molar-refractivity contribution >= 4 is 28.9 Å². The van der Waals surface area contributed by atoms with Crippen molar-refractivity contribution < 1.29 is 4.39 Å². The number of nitrogens with one attached hydrogen (secondary N) is 1. The highest BCUT2D eigenvalue weighted by Gasteiger charge is 2.27. The Morgan fingerprint density at radius 2 is 1.94 bits per heavy atom. The summed E-state index contributed by atoms with van der Waals surface area (Å²) in [6.07, 6.45) is 3.31. The van der Waals surface area contributed by atoms with Crippen molar-refractivity contribution in [1.82, 2.24) is 0 Å². The van der Waals surface area contributed by atoms with Crippen LogP contribution in [0.4, 0.5) is 10.1 Å². The number of rotatable bonds is 3. The van der Waals surface area contributed by atoms with Gasteiger partial charge < -0.3 is 11.1 Å². The van der Waals surface area contributed by atoms with Crippen molar-refractivity contribution in [2.24, 2.45) is 11.7 Å². The second kappa shape index (κ2) is 5.42. The highest BCUT2D eigenvalue weighted by molar-refractivity contribution is 6.39. The number of benzene rings is 1. The van der Waals surface area contributed by atoms with E-state index in [9.17, 15) is 4.39 Å². The fourth-order valence-corrected chi connectivity index (χ4v) is 2.94. The maximum atomic E-state index is 13.0. The molecule has 1 aromatic carbocycles. The predicted molar refractivity (Wildman–Crippen MR) is 70.2 cm³/mol. The second-order valence-electron chi connectivity index (χ2n) is 4.42. The number of halogens is 3. The van der Waals surface area contributed by atoms with Crippen LogP contribution in [0, 0.1) is 11.7 Å². The van der Waals surface area contributed by atoms with E-state index in [4.69, 9.17) is 28.9 Å². The molecule has 94 valence electrons. The first kappa shape index (κ1) is 12.9. The maximum absolute atomic E-state index is 13.0. The van der Waals surface area contributed by atoms with Crippen LogP contribution < -0.4 is 11.1 Å². The third kappa shape index (κ3) is 2.84. The van der Waals surface area contributed by atoms with Gasteiger partial charge in [0, 0.05) is 6.04 Å². The van der Waals surface area contributed by atoms with Gasteiger partial charge in [-0.25, -0.2) is 4.39 Å². The van der Waals surface area contributed by atoms with E-state index in [2.05, 4.69) is 5.32 Å². The van der Waals surface area contributed by atoms with Gasteiger partial charge in [-0.15, -0.1) is 0 Å². The molecule has 3 N–H and O–H groups in total. The van der Waals surface area contributed by atoms with Crippen LogP contribution in [0.25, 0.3) is 0 Å². The zero-order chi connectivity index (χ0) is 12.4. The van der Waals surface area contributed by atoms with Crippen molar-refractivity contribution in [2.45, 2.75) is 25.3 Å². The standard InChI is InChI=1S/C12H15Cl2FN2/c13-9-4-8(15)5-10(14)12(9)17-11-3-1-2-7(11)6-16/h4-5,7,11,17H,1-3,6,16H2. The van der Waals surface area contributed by atoms with Crippen molar-refractivity contribution in [1.29, 1.82) is 0 Å². The minimum absolute atomic E-state index is 0.278. The molecule has 2 atom stereocenters. The number of hydrogen-bond donors (Lipinski definition) is 2. The molecule has 1 fully saturated rings. The third-order valence-corrected chi connectivity index (χ3v) is 3.89. The number of hydrogen-bond acceptors (Lipinski definition) is 2. The van der Waals surface area contributed by atoms with Crippen molar-refractivity contribution in [3.63, 3.8) is 0 Å². The van der Waals surface area contributed by atoms with E-state index in [0.29, 0.717) is 28.2 Å². The predicted octanol–water partition coefficient (Wildman–Crippen LogP) is 3.67. The lowest BCUT2D eigenvalue weighted by atomic mass is 10.0. The third-order valence-electron chi connectivity index (χ3n) is 3.30. The molecular formula is C12H15Cl2FN2. The van der Waals surface area contributed by atoms with Gasteiger partial charge in [0.05, 0.1) is 15.7 Å². The van der Waals surface area contributed by atoms with Crippen LogP contribution in [0.15, 0.2) is 12.1 Å². The van der Waals surface area contributed by atoms with Gasteiger partial charge in [0.25, 0.3) is 0 Å². The smallest absolute Gasteiger partial charge is 0.126 e. The van der Waals surface area contributed by atoms with Crippen molar-refractivity contribution in [3.05, 3.63) is 28.0 Å². The zero-order valence-electron chi connectivity index (χ0n) is 9.35. The van der Waals surface area contributed by atoms with E-state index in [-0.39, 0.29) is 6.04 Å². The molecule has 0 saturated heterocycles. The topological polar surface area (TPSA) is 38.0 Å². The summed E-state index contributed by atoms with van der Waals surface area (Å²) in [5.74, 6) is 0.0135. The molecule has 0 amide bonds. The van der Waals surface area contributed by atoms with Gasteiger partial charge in [0.15, 0.2) is 0 Å². The molecule has 0 aliphatic heterocycles. The fraction of sp³-hybridized carbons (Fsp3) is 0.500. The summed E-state index contributed by atoms with van der Waals surface area (Å²) in [7, 11) is 0. The van der Waals surface area contributed by atoms with Gasteiger partial charge in [0.2, 0.25) is 0 Å². The molecule has 2 unspecified atom stereocenters. The Balaban J connectivity index is 2.18. The van der Waals surface area contributed by atoms with E-state index in [1.807, 2.05) is 0 Å². The van der Waals surface area contributed by atoms with Crippen molar-refractivity contribution in [3.8, 4) is 0 Å². The van der Waals surface area contributed by atoms with Gasteiger partial charge in [-0.05, 0) is 37.4 Å². The minimum Gasteiger partial charge on any atom is -0.380 e. The highest BCUT2D eigenvalue weighted by Crippen LogP contribution is 2.35. The molecule has 0 heterocycles. The lowest BCUT2D eigenvalue weighted by molar-refractivity contribution is 0.516. The Labute approximate surface area is 110 Å². The average molecular weight is 277 g/mol.